The third-order valence-electron chi connectivity index (χ3n) is 4.73. The summed E-state index contributed by atoms with van der Waals surface area (Å²) in [6.07, 6.45) is 0.137. The maximum absolute atomic E-state index is 14.9. The maximum Gasteiger partial charge on any atom is 0.357 e. The highest BCUT2D eigenvalue weighted by atomic mass is 19.3. The monoisotopic (exact) mass is 421 g/mol. The molecule has 1 aliphatic rings. The van der Waals surface area contributed by atoms with Crippen LogP contribution < -0.4 is 4.74 Å². The van der Waals surface area contributed by atoms with Crippen LogP contribution in [0.3, 0.4) is 0 Å². The van der Waals surface area contributed by atoms with E-state index in [0.717, 1.165) is 5.57 Å². The van der Waals surface area contributed by atoms with Crippen LogP contribution in [0.4, 0.5) is 13.2 Å². The molecule has 0 bridgehead atoms. The van der Waals surface area contributed by atoms with Gasteiger partial charge in [-0.1, -0.05) is 24.3 Å². The van der Waals surface area contributed by atoms with Gasteiger partial charge in [-0.05, 0) is 49.9 Å². The number of benzene rings is 1. The van der Waals surface area contributed by atoms with Crippen molar-refractivity contribution in [2.45, 2.75) is 39.4 Å². The number of carbonyl (C=O) groups is 1. The van der Waals surface area contributed by atoms with E-state index < -0.39 is 24.5 Å². The Balaban J connectivity index is 2.05. The first-order valence-corrected chi connectivity index (χ1v) is 9.53. The minimum atomic E-state index is -2.91. The van der Waals surface area contributed by atoms with E-state index in [1.807, 2.05) is 0 Å². The molecular formula is C22H22F3NO4. The van der Waals surface area contributed by atoms with Gasteiger partial charge in [0.05, 0.1) is 13.2 Å². The van der Waals surface area contributed by atoms with Crippen LogP contribution in [0.5, 0.6) is 5.88 Å². The number of hydrogen-bond donors (Lipinski definition) is 0. The summed E-state index contributed by atoms with van der Waals surface area (Å²) in [5, 5.41) is 0. The zero-order valence-electron chi connectivity index (χ0n) is 16.7. The van der Waals surface area contributed by atoms with E-state index in [2.05, 4.69) is 16.3 Å². The molecule has 2 aromatic rings. The standard InChI is InChI=1S/C22H22F3NO4/c1-4-28-21(27)19-10-17(15-7-5-13(12(2)3)9-18(15)23)16-8-6-14(11-29-22(24)25)30-20(16)26-19/h5,7,9-10,14,22H,2,4,6,8,11H2,1,3H3/t14-/m1/s1. The fraction of sp³-hybridized carbons (Fsp3) is 0.364. The summed E-state index contributed by atoms with van der Waals surface area (Å²) in [5.74, 6) is -1.08. The van der Waals surface area contributed by atoms with Crippen LogP contribution in [0.25, 0.3) is 16.7 Å². The Kier molecular flexibility index (Phi) is 6.77. The lowest BCUT2D eigenvalue weighted by molar-refractivity contribution is -0.146. The van der Waals surface area contributed by atoms with E-state index in [0.29, 0.717) is 29.5 Å². The molecule has 2 heterocycles. The summed E-state index contributed by atoms with van der Waals surface area (Å²) in [6, 6.07) is 6.18. The lowest BCUT2D eigenvalue weighted by Crippen LogP contribution is -2.30. The van der Waals surface area contributed by atoms with E-state index in [9.17, 15) is 18.0 Å². The fourth-order valence-corrected chi connectivity index (χ4v) is 3.26. The molecule has 0 amide bonds. The Hall–Kier alpha value is -2.87. The average molecular weight is 421 g/mol. The molecule has 1 atom stereocenters. The van der Waals surface area contributed by atoms with Gasteiger partial charge in [0.1, 0.15) is 11.9 Å². The highest BCUT2D eigenvalue weighted by Crippen LogP contribution is 2.37. The van der Waals surface area contributed by atoms with Gasteiger partial charge in [-0.3, -0.25) is 0 Å². The van der Waals surface area contributed by atoms with Crippen LogP contribution in [-0.4, -0.2) is 36.9 Å². The van der Waals surface area contributed by atoms with Crippen LogP contribution in [0, 0.1) is 5.82 Å². The van der Waals surface area contributed by atoms with Crippen molar-refractivity contribution in [1.29, 1.82) is 0 Å². The van der Waals surface area contributed by atoms with Crippen molar-refractivity contribution in [1.82, 2.24) is 4.98 Å². The zero-order chi connectivity index (χ0) is 21.8. The number of pyridine rings is 1. The van der Waals surface area contributed by atoms with Crippen LogP contribution >= 0.6 is 0 Å². The molecule has 0 radical (unpaired) electrons. The summed E-state index contributed by atoms with van der Waals surface area (Å²) < 4.78 is 54.7. The normalized spacial score (nSPS) is 15.5. The summed E-state index contributed by atoms with van der Waals surface area (Å²) in [5.41, 5.74) is 2.64. The molecule has 1 aromatic carbocycles. The number of aromatic nitrogens is 1. The molecule has 5 nitrogen and oxygen atoms in total. The Morgan fingerprint density at radius 3 is 2.73 bits per heavy atom. The van der Waals surface area contributed by atoms with Gasteiger partial charge in [0.2, 0.25) is 5.88 Å². The molecule has 0 saturated heterocycles. The van der Waals surface area contributed by atoms with E-state index in [1.54, 1.807) is 26.0 Å². The molecule has 1 aliphatic heterocycles. The lowest BCUT2D eigenvalue weighted by atomic mass is 9.93. The van der Waals surface area contributed by atoms with Crippen molar-refractivity contribution >= 4 is 11.5 Å². The SMILES string of the molecule is C=C(C)c1ccc(-c2cc(C(=O)OCC)nc3c2CC[C@H](COC(F)F)O3)c(F)c1. The number of esters is 1. The van der Waals surface area contributed by atoms with Crippen molar-refractivity contribution in [2.24, 2.45) is 0 Å². The number of nitrogens with zero attached hydrogens (tertiary/aromatic N) is 1. The van der Waals surface area contributed by atoms with Crippen molar-refractivity contribution in [3.63, 3.8) is 0 Å². The van der Waals surface area contributed by atoms with E-state index >= 15 is 0 Å². The van der Waals surface area contributed by atoms with Gasteiger partial charge >= 0.3 is 12.6 Å². The van der Waals surface area contributed by atoms with E-state index in [-0.39, 0.29) is 30.4 Å². The molecular weight excluding hydrogens is 399 g/mol. The smallest absolute Gasteiger partial charge is 0.357 e. The Morgan fingerprint density at radius 2 is 2.10 bits per heavy atom. The average Bonchev–Trinajstić information content (AvgIpc) is 2.71. The van der Waals surface area contributed by atoms with Crippen molar-refractivity contribution < 1.29 is 32.2 Å². The van der Waals surface area contributed by atoms with Crippen molar-refractivity contribution in [3.05, 3.63) is 53.5 Å². The molecule has 0 saturated carbocycles. The minimum absolute atomic E-state index is 0.0515. The van der Waals surface area contributed by atoms with Gasteiger partial charge < -0.3 is 14.2 Å². The molecule has 8 heteroatoms. The largest absolute Gasteiger partial charge is 0.472 e. The Morgan fingerprint density at radius 1 is 1.33 bits per heavy atom. The summed E-state index contributed by atoms with van der Waals surface area (Å²) >= 11 is 0. The zero-order valence-corrected chi connectivity index (χ0v) is 16.7. The number of hydrogen-bond acceptors (Lipinski definition) is 5. The van der Waals surface area contributed by atoms with Gasteiger partial charge in [-0.15, -0.1) is 0 Å². The minimum Gasteiger partial charge on any atom is -0.472 e. The van der Waals surface area contributed by atoms with Crippen molar-refractivity contribution in [2.75, 3.05) is 13.2 Å². The molecule has 0 unspecified atom stereocenters. The van der Waals surface area contributed by atoms with Crippen LogP contribution in [0.2, 0.25) is 0 Å². The third-order valence-corrected chi connectivity index (χ3v) is 4.73. The van der Waals surface area contributed by atoms with Crippen molar-refractivity contribution in [3.8, 4) is 17.0 Å². The van der Waals surface area contributed by atoms with Gasteiger partial charge in [-0.2, -0.15) is 8.78 Å². The quantitative estimate of drug-likeness (QED) is 0.587. The fourth-order valence-electron chi connectivity index (χ4n) is 3.26. The number of halogens is 3. The molecule has 1 aromatic heterocycles. The number of fused-ring (bicyclic) bond motifs is 1. The second kappa shape index (κ2) is 9.30. The predicted octanol–water partition coefficient (Wildman–Crippen LogP) is 5.03. The summed E-state index contributed by atoms with van der Waals surface area (Å²) in [4.78, 5) is 16.5. The first-order chi connectivity index (χ1) is 14.3. The molecule has 0 aliphatic carbocycles. The molecule has 0 spiro atoms. The highest BCUT2D eigenvalue weighted by Gasteiger charge is 2.28. The van der Waals surface area contributed by atoms with Gasteiger partial charge in [0, 0.05) is 11.1 Å². The van der Waals surface area contributed by atoms with E-state index in [1.165, 1.54) is 12.1 Å². The molecule has 3 rings (SSSR count). The van der Waals surface area contributed by atoms with E-state index in [4.69, 9.17) is 9.47 Å². The van der Waals surface area contributed by atoms with Crippen LogP contribution in [0.1, 0.15) is 41.9 Å². The van der Waals surface area contributed by atoms with Crippen LogP contribution in [0.15, 0.2) is 30.8 Å². The Labute approximate surface area is 172 Å². The number of ether oxygens (including phenoxy) is 3. The summed E-state index contributed by atoms with van der Waals surface area (Å²) in [7, 11) is 0. The lowest BCUT2D eigenvalue weighted by Gasteiger charge is -2.27. The second-order valence-electron chi connectivity index (χ2n) is 6.91. The van der Waals surface area contributed by atoms with Crippen LogP contribution in [-0.2, 0) is 15.9 Å². The van der Waals surface area contributed by atoms with Gasteiger partial charge in [0.25, 0.3) is 0 Å². The number of allylic oxidation sites excluding steroid dienone is 1. The number of rotatable bonds is 7. The topological polar surface area (TPSA) is 57.7 Å². The highest BCUT2D eigenvalue weighted by molar-refractivity contribution is 5.90. The number of alkyl halides is 2. The predicted molar refractivity (Wildman–Crippen MR) is 105 cm³/mol. The molecule has 0 fully saturated rings. The number of carbonyl (C=O) groups excluding carboxylic acids is 1. The summed E-state index contributed by atoms with van der Waals surface area (Å²) in [6.45, 7) is 4.15. The molecule has 160 valence electrons. The first-order valence-electron chi connectivity index (χ1n) is 9.53. The molecule has 0 N–H and O–H groups in total. The third kappa shape index (κ3) is 4.81. The Bertz CT molecular complexity index is 962. The van der Waals surface area contributed by atoms with Gasteiger partial charge in [-0.25, -0.2) is 14.2 Å². The van der Waals surface area contributed by atoms with Gasteiger partial charge in [0.15, 0.2) is 5.69 Å². The molecule has 30 heavy (non-hydrogen) atoms. The second-order valence-corrected chi connectivity index (χ2v) is 6.91. The maximum atomic E-state index is 14.9. The first kappa shape index (κ1) is 21.8.